The van der Waals surface area contributed by atoms with Gasteiger partial charge in [-0.2, -0.15) is 5.26 Å². The smallest absolute Gasteiger partial charge is 0.262 e. The maximum atomic E-state index is 11.9. The summed E-state index contributed by atoms with van der Waals surface area (Å²) in [5.41, 5.74) is 1.84. The Hall–Kier alpha value is -3.32. The first-order valence-corrected chi connectivity index (χ1v) is 7.50. The molecule has 2 rings (SSSR count). The Labute approximate surface area is 141 Å². The average molecular weight is 318 g/mol. The Morgan fingerprint density at radius 1 is 1.21 bits per heavy atom. The molecule has 1 amide bonds. The molecule has 4 nitrogen and oxygen atoms in total. The Morgan fingerprint density at radius 2 is 2.00 bits per heavy atom. The maximum Gasteiger partial charge on any atom is 0.262 e. The summed E-state index contributed by atoms with van der Waals surface area (Å²) in [5.74, 6) is 0.254. The van der Waals surface area contributed by atoms with Crippen LogP contribution in [0.2, 0.25) is 0 Å². The van der Waals surface area contributed by atoms with E-state index in [0.29, 0.717) is 18.9 Å². The average Bonchev–Trinajstić information content (AvgIpc) is 2.63. The van der Waals surface area contributed by atoms with Crippen LogP contribution in [-0.2, 0) is 11.4 Å². The van der Waals surface area contributed by atoms with E-state index in [1.807, 2.05) is 54.6 Å². The summed E-state index contributed by atoms with van der Waals surface area (Å²) in [6.45, 7) is 4.30. The van der Waals surface area contributed by atoms with E-state index in [4.69, 9.17) is 10.00 Å². The fraction of sp³-hybridized carbons (Fsp3) is 0.100. The van der Waals surface area contributed by atoms with Crippen molar-refractivity contribution in [1.82, 2.24) is 5.32 Å². The lowest BCUT2D eigenvalue weighted by molar-refractivity contribution is -0.116. The second kappa shape index (κ2) is 8.96. The molecule has 0 fully saturated rings. The van der Waals surface area contributed by atoms with Gasteiger partial charge in [-0.1, -0.05) is 48.5 Å². The summed E-state index contributed by atoms with van der Waals surface area (Å²) in [6, 6.07) is 19.0. The molecule has 0 aliphatic heterocycles. The Kier molecular flexibility index (Phi) is 6.36. The Morgan fingerprint density at radius 3 is 2.71 bits per heavy atom. The van der Waals surface area contributed by atoms with Gasteiger partial charge in [0, 0.05) is 6.54 Å². The minimum absolute atomic E-state index is 0.0389. The lowest BCUT2D eigenvalue weighted by atomic mass is 10.1. The highest BCUT2D eigenvalue weighted by Crippen LogP contribution is 2.17. The number of nitriles is 1. The molecule has 1 N–H and O–H groups in total. The lowest BCUT2D eigenvalue weighted by Gasteiger charge is -2.07. The fourth-order valence-corrected chi connectivity index (χ4v) is 2.01. The number of ether oxygens (including phenoxy) is 1. The van der Waals surface area contributed by atoms with Crippen molar-refractivity contribution in [2.45, 2.75) is 6.61 Å². The molecule has 0 spiro atoms. The molecule has 0 radical (unpaired) electrons. The molecule has 0 saturated heterocycles. The van der Waals surface area contributed by atoms with Crippen molar-refractivity contribution in [2.75, 3.05) is 6.54 Å². The van der Waals surface area contributed by atoms with Crippen LogP contribution < -0.4 is 10.1 Å². The Bertz CT molecular complexity index is 774. The highest BCUT2D eigenvalue weighted by atomic mass is 16.5. The van der Waals surface area contributed by atoms with Crippen molar-refractivity contribution in [3.63, 3.8) is 0 Å². The zero-order valence-electron chi connectivity index (χ0n) is 13.2. The van der Waals surface area contributed by atoms with Gasteiger partial charge in [-0.3, -0.25) is 4.79 Å². The van der Waals surface area contributed by atoms with E-state index >= 15 is 0 Å². The van der Waals surface area contributed by atoms with E-state index in [2.05, 4.69) is 11.9 Å². The number of carbonyl (C=O) groups is 1. The van der Waals surface area contributed by atoms with Crippen LogP contribution in [0.5, 0.6) is 5.75 Å². The number of hydrogen-bond donors (Lipinski definition) is 1. The molecular weight excluding hydrogens is 300 g/mol. The van der Waals surface area contributed by atoms with Crippen LogP contribution >= 0.6 is 0 Å². The molecule has 2 aromatic carbocycles. The third-order valence-electron chi connectivity index (χ3n) is 3.19. The lowest BCUT2D eigenvalue weighted by Crippen LogP contribution is -2.24. The van der Waals surface area contributed by atoms with Crippen molar-refractivity contribution in [1.29, 1.82) is 5.26 Å². The van der Waals surface area contributed by atoms with Gasteiger partial charge in [0.2, 0.25) is 0 Å². The summed E-state index contributed by atoms with van der Waals surface area (Å²) in [7, 11) is 0. The molecule has 0 aliphatic rings. The highest BCUT2D eigenvalue weighted by molar-refractivity contribution is 6.01. The molecule has 0 unspecified atom stereocenters. The van der Waals surface area contributed by atoms with Gasteiger partial charge < -0.3 is 10.1 Å². The number of rotatable bonds is 7. The van der Waals surface area contributed by atoms with E-state index in [9.17, 15) is 4.79 Å². The van der Waals surface area contributed by atoms with E-state index in [0.717, 1.165) is 11.1 Å². The number of benzene rings is 2. The quantitative estimate of drug-likeness (QED) is 0.483. The largest absolute Gasteiger partial charge is 0.489 e. The molecule has 4 heteroatoms. The molecule has 0 bridgehead atoms. The summed E-state index contributed by atoms with van der Waals surface area (Å²) in [4.78, 5) is 11.9. The summed E-state index contributed by atoms with van der Waals surface area (Å²) in [6.07, 6.45) is 3.10. The first-order valence-electron chi connectivity index (χ1n) is 7.50. The van der Waals surface area contributed by atoms with Gasteiger partial charge in [0.15, 0.2) is 0 Å². The summed E-state index contributed by atoms with van der Waals surface area (Å²) in [5, 5.41) is 11.7. The van der Waals surface area contributed by atoms with Crippen LogP contribution in [-0.4, -0.2) is 12.5 Å². The molecule has 120 valence electrons. The minimum atomic E-state index is -0.423. The predicted octanol–water partition coefficient (Wildman–Crippen LogP) is 3.47. The zero-order chi connectivity index (χ0) is 17.2. The molecule has 0 atom stereocenters. The van der Waals surface area contributed by atoms with E-state index in [1.165, 1.54) is 6.08 Å². The molecule has 0 aromatic heterocycles. The van der Waals surface area contributed by atoms with Gasteiger partial charge in [0.25, 0.3) is 5.91 Å². The number of nitrogens with zero attached hydrogens (tertiary/aromatic N) is 1. The monoisotopic (exact) mass is 318 g/mol. The van der Waals surface area contributed by atoms with Crippen molar-refractivity contribution in [3.05, 3.63) is 84.0 Å². The highest BCUT2D eigenvalue weighted by Gasteiger charge is 2.07. The summed E-state index contributed by atoms with van der Waals surface area (Å²) < 4.78 is 5.75. The fourth-order valence-electron chi connectivity index (χ4n) is 2.01. The number of nitrogens with one attached hydrogen (secondary N) is 1. The summed E-state index contributed by atoms with van der Waals surface area (Å²) >= 11 is 0. The van der Waals surface area contributed by atoms with Crippen molar-refractivity contribution < 1.29 is 9.53 Å². The second-order valence-electron chi connectivity index (χ2n) is 5.02. The first kappa shape index (κ1) is 17.0. The van der Waals surface area contributed by atoms with Crippen LogP contribution in [0.25, 0.3) is 6.08 Å². The second-order valence-corrected chi connectivity index (χ2v) is 5.02. The van der Waals surface area contributed by atoms with Crippen molar-refractivity contribution in [3.8, 4) is 11.8 Å². The van der Waals surface area contributed by atoms with Crippen LogP contribution in [0.1, 0.15) is 11.1 Å². The van der Waals surface area contributed by atoms with Gasteiger partial charge >= 0.3 is 0 Å². The molecule has 24 heavy (non-hydrogen) atoms. The molecule has 0 saturated carbocycles. The molecule has 2 aromatic rings. The SMILES string of the molecule is C=CCNC(=O)C(C#N)=Cc1cccc(OCc2ccccc2)c1. The third kappa shape index (κ3) is 5.15. The van der Waals surface area contributed by atoms with Crippen molar-refractivity contribution in [2.24, 2.45) is 0 Å². The van der Waals surface area contributed by atoms with Gasteiger partial charge in [0.1, 0.15) is 24.0 Å². The van der Waals surface area contributed by atoms with Crippen LogP contribution in [0.3, 0.4) is 0 Å². The first-order chi connectivity index (χ1) is 11.7. The minimum Gasteiger partial charge on any atom is -0.489 e. The van der Waals surface area contributed by atoms with E-state index < -0.39 is 5.91 Å². The van der Waals surface area contributed by atoms with E-state index in [-0.39, 0.29) is 5.57 Å². The van der Waals surface area contributed by atoms with Gasteiger partial charge in [0.05, 0.1) is 0 Å². The van der Waals surface area contributed by atoms with Gasteiger partial charge in [-0.25, -0.2) is 0 Å². The van der Waals surface area contributed by atoms with Gasteiger partial charge in [-0.15, -0.1) is 6.58 Å². The third-order valence-corrected chi connectivity index (χ3v) is 3.19. The topological polar surface area (TPSA) is 62.1 Å². The number of carbonyl (C=O) groups excluding carboxylic acids is 1. The maximum absolute atomic E-state index is 11.9. The van der Waals surface area contributed by atoms with Crippen molar-refractivity contribution >= 4 is 12.0 Å². The Balaban J connectivity index is 2.08. The normalized spacial score (nSPS) is 10.5. The molecular formula is C20H18N2O2. The number of amides is 1. The van der Waals surface area contributed by atoms with Crippen LogP contribution in [0.4, 0.5) is 0 Å². The zero-order valence-corrected chi connectivity index (χ0v) is 13.2. The van der Waals surface area contributed by atoms with Crippen LogP contribution in [0, 0.1) is 11.3 Å². The van der Waals surface area contributed by atoms with Crippen LogP contribution in [0.15, 0.2) is 72.8 Å². The predicted molar refractivity (Wildman–Crippen MR) is 94.0 cm³/mol. The number of hydrogen-bond acceptors (Lipinski definition) is 3. The van der Waals surface area contributed by atoms with Gasteiger partial charge in [-0.05, 0) is 29.3 Å². The molecule has 0 heterocycles. The molecule has 0 aliphatic carbocycles. The van der Waals surface area contributed by atoms with E-state index in [1.54, 1.807) is 12.1 Å². The standard InChI is InChI=1S/C20H18N2O2/c1-2-11-22-20(23)18(14-21)12-17-9-6-10-19(13-17)24-15-16-7-4-3-5-8-16/h2-10,12-13H,1,11,15H2,(H,22,23).